The van der Waals surface area contributed by atoms with Crippen molar-refractivity contribution in [1.29, 1.82) is 0 Å². The molecule has 0 saturated heterocycles. The molecule has 2 aliphatic rings. The molecule has 0 bridgehead atoms. The summed E-state index contributed by atoms with van der Waals surface area (Å²) < 4.78 is 0. The highest BCUT2D eigenvalue weighted by Gasteiger charge is 2.54. The SMILES string of the molecule is C=C1CCC(O)C2(C)CCC(C(C)C)C2C1O. The van der Waals surface area contributed by atoms with Crippen LogP contribution in [0.3, 0.4) is 0 Å². The third-order valence-electron chi connectivity index (χ3n) is 5.35. The second kappa shape index (κ2) is 4.40. The third-order valence-corrected chi connectivity index (χ3v) is 5.35. The van der Waals surface area contributed by atoms with E-state index in [1.807, 2.05) is 0 Å². The molecule has 17 heavy (non-hydrogen) atoms. The summed E-state index contributed by atoms with van der Waals surface area (Å²) in [7, 11) is 0. The summed E-state index contributed by atoms with van der Waals surface area (Å²) in [6.45, 7) is 10.6. The molecule has 2 saturated carbocycles. The number of aliphatic hydroxyl groups is 2. The fraction of sp³-hybridized carbons (Fsp3) is 0.867. The van der Waals surface area contributed by atoms with Crippen molar-refractivity contribution in [1.82, 2.24) is 0 Å². The summed E-state index contributed by atoms with van der Waals surface area (Å²) >= 11 is 0. The van der Waals surface area contributed by atoms with Crippen LogP contribution in [0, 0.1) is 23.2 Å². The van der Waals surface area contributed by atoms with Crippen molar-refractivity contribution in [3.63, 3.8) is 0 Å². The third kappa shape index (κ3) is 1.96. The molecule has 2 nitrogen and oxygen atoms in total. The van der Waals surface area contributed by atoms with Gasteiger partial charge in [0, 0.05) is 0 Å². The molecule has 0 aromatic heterocycles. The van der Waals surface area contributed by atoms with Crippen molar-refractivity contribution in [3.05, 3.63) is 12.2 Å². The first-order valence-corrected chi connectivity index (χ1v) is 6.91. The van der Waals surface area contributed by atoms with Crippen LogP contribution >= 0.6 is 0 Å². The molecular formula is C15H26O2. The molecule has 2 heteroatoms. The molecule has 98 valence electrons. The van der Waals surface area contributed by atoms with Crippen molar-refractivity contribution >= 4 is 0 Å². The zero-order valence-electron chi connectivity index (χ0n) is 11.3. The van der Waals surface area contributed by atoms with E-state index in [-0.39, 0.29) is 17.4 Å². The first-order chi connectivity index (χ1) is 7.88. The number of fused-ring (bicyclic) bond motifs is 1. The van der Waals surface area contributed by atoms with Crippen LogP contribution in [0.4, 0.5) is 0 Å². The van der Waals surface area contributed by atoms with Crippen LogP contribution in [-0.2, 0) is 0 Å². The monoisotopic (exact) mass is 238 g/mol. The lowest BCUT2D eigenvalue weighted by molar-refractivity contribution is -0.0371. The predicted octanol–water partition coefficient (Wildman–Crippen LogP) is 2.75. The molecule has 0 amide bonds. The van der Waals surface area contributed by atoms with Gasteiger partial charge < -0.3 is 10.2 Å². The normalized spacial score (nSPS) is 47.1. The molecule has 0 spiro atoms. The van der Waals surface area contributed by atoms with Gasteiger partial charge in [-0.3, -0.25) is 0 Å². The molecule has 0 heterocycles. The van der Waals surface area contributed by atoms with E-state index in [9.17, 15) is 10.2 Å². The van der Waals surface area contributed by atoms with Gasteiger partial charge in [-0.1, -0.05) is 27.4 Å². The molecular weight excluding hydrogens is 212 g/mol. The number of hydrogen-bond donors (Lipinski definition) is 2. The maximum atomic E-state index is 10.5. The van der Waals surface area contributed by atoms with E-state index in [2.05, 4.69) is 27.4 Å². The van der Waals surface area contributed by atoms with E-state index in [1.54, 1.807) is 0 Å². The van der Waals surface area contributed by atoms with E-state index in [0.29, 0.717) is 11.8 Å². The highest BCUT2D eigenvalue weighted by atomic mass is 16.3. The van der Waals surface area contributed by atoms with E-state index >= 15 is 0 Å². The Kier molecular flexibility index (Phi) is 3.39. The van der Waals surface area contributed by atoms with Crippen LogP contribution in [0.1, 0.15) is 46.5 Å². The maximum absolute atomic E-state index is 10.5. The average Bonchev–Trinajstić information content (AvgIpc) is 2.60. The lowest BCUT2D eigenvalue weighted by Gasteiger charge is -2.39. The smallest absolute Gasteiger partial charge is 0.0784 e. The Labute approximate surface area is 105 Å². The zero-order valence-corrected chi connectivity index (χ0v) is 11.3. The Hall–Kier alpha value is -0.340. The van der Waals surface area contributed by atoms with E-state index in [4.69, 9.17) is 0 Å². The number of hydrogen-bond acceptors (Lipinski definition) is 2. The molecule has 0 aromatic rings. The van der Waals surface area contributed by atoms with E-state index in [1.165, 1.54) is 0 Å². The highest BCUT2D eigenvalue weighted by molar-refractivity contribution is 5.15. The lowest BCUT2D eigenvalue weighted by Crippen LogP contribution is -2.42. The van der Waals surface area contributed by atoms with Crippen LogP contribution in [0.2, 0.25) is 0 Å². The van der Waals surface area contributed by atoms with Gasteiger partial charge in [0.1, 0.15) is 0 Å². The van der Waals surface area contributed by atoms with E-state index in [0.717, 1.165) is 31.3 Å². The summed E-state index contributed by atoms with van der Waals surface area (Å²) in [6, 6.07) is 0. The van der Waals surface area contributed by atoms with Gasteiger partial charge in [0.05, 0.1) is 12.2 Å². The fourth-order valence-corrected chi connectivity index (χ4v) is 4.10. The molecule has 0 aromatic carbocycles. The maximum Gasteiger partial charge on any atom is 0.0784 e. The minimum Gasteiger partial charge on any atom is -0.393 e. The fourth-order valence-electron chi connectivity index (χ4n) is 4.10. The first-order valence-electron chi connectivity index (χ1n) is 6.91. The van der Waals surface area contributed by atoms with Gasteiger partial charge in [-0.15, -0.1) is 0 Å². The lowest BCUT2D eigenvalue weighted by atomic mass is 9.68. The molecule has 5 atom stereocenters. The van der Waals surface area contributed by atoms with Crippen LogP contribution in [-0.4, -0.2) is 22.4 Å². The second-order valence-corrected chi connectivity index (χ2v) is 6.64. The van der Waals surface area contributed by atoms with Crippen molar-refractivity contribution in [2.75, 3.05) is 0 Å². The van der Waals surface area contributed by atoms with Crippen molar-refractivity contribution in [2.45, 2.75) is 58.7 Å². The summed E-state index contributed by atoms with van der Waals surface area (Å²) in [6.07, 6.45) is 2.97. The van der Waals surface area contributed by atoms with Gasteiger partial charge in [-0.25, -0.2) is 0 Å². The van der Waals surface area contributed by atoms with Gasteiger partial charge in [-0.05, 0) is 54.4 Å². The molecule has 2 N–H and O–H groups in total. The molecule has 2 fully saturated rings. The van der Waals surface area contributed by atoms with Gasteiger partial charge in [0.15, 0.2) is 0 Å². The van der Waals surface area contributed by atoms with Gasteiger partial charge in [0.2, 0.25) is 0 Å². The molecule has 2 aliphatic carbocycles. The topological polar surface area (TPSA) is 40.5 Å². The Bertz CT molecular complexity index is 310. The van der Waals surface area contributed by atoms with Gasteiger partial charge >= 0.3 is 0 Å². The van der Waals surface area contributed by atoms with Crippen LogP contribution in [0.15, 0.2) is 12.2 Å². The summed E-state index contributed by atoms with van der Waals surface area (Å²) in [5.41, 5.74) is 0.804. The standard InChI is InChI=1S/C15H26O2/c1-9(2)11-7-8-15(4)12(16)6-5-10(3)14(17)13(11)15/h9,11-14,16-17H,3,5-8H2,1-2,4H3. The largest absolute Gasteiger partial charge is 0.393 e. The zero-order chi connectivity index (χ0) is 12.8. The summed E-state index contributed by atoms with van der Waals surface area (Å²) in [5.74, 6) is 1.27. The quantitative estimate of drug-likeness (QED) is 0.690. The summed E-state index contributed by atoms with van der Waals surface area (Å²) in [5, 5.41) is 20.9. The predicted molar refractivity (Wildman–Crippen MR) is 69.5 cm³/mol. The molecule has 0 aliphatic heterocycles. The summed E-state index contributed by atoms with van der Waals surface area (Å²) in [4.78, 5) is 0. The Balaban J connectivity index is 2.37. The van der Waals surface area contributed by atoms with Crippen molar-refractivity contribution < 1.29 is 10.2 Å². The minimum absolute atomic E-state index is 0.117. The molecule has 0 radical (unpaired) electrons. The second-order valence-electron chi connectivity index (χ2n) is 6.64. The molecule has 2 rings (SSSR count). The number of aliphatic hydroxyl groups excluding tert-OH is 2. The minimum atomic E-state index is -0.424. The van der Waals surface area contributed by atoms with Crippen molar-refractivity contribution in [3.8, 4) is 0 Å². The van der Waals surface area contributed by atoms with E-state index < -0.39 is 6.10 Å². The Morgan fingerprint density at radius 2 is 1.94 bits per heavy atom. The highest BCUT2D eigenvalue weighted by Crippen LogP contribution is 2.56. The Morgan fingerprint density at radius 3 is 2.53 bits per heavy atom. The Morgan fingerprint density at radius 1 is 1.29 bits per heavy atom. The van der Waals surface area contributed by atoms with Gasteiger partial charge in [0.25, 0.3) is 0 Å². The first kappa shape index (κ1) is 13.1. The van der Waals surface area contributed by atoms with Gasteiger partial charge in [-0.2, -0.15) is 0 Å². The van der Waals surface area contributed by atoms with Crippen LogP contribution in [0.5, 0.6) is 0 Å². The van der Waals surface area contributed by atoms with Crippen LogP contribution < -0.4 is 0 Å². The number of rotatable bonds is 1. The van der Waals surface area contributed by atoms with Crippen LogP contribution in [0.25, 0.3) is 0 Å². The average molecular weight is 238 g/mol. The molecule has 5 unspecified atom stereocenters. The van der Waals surface area contributed by atoms with Crippen molar-refractivity contribution in [2.24, 2.45) is 23.2 Å².